The molecule has 0 aliphatic heterocycles. The molecule has 4 rings (SSSR count). The molecule has 0 radical (unpaired) electrons. The highest BCUT2D eigenvalue weighted by Crippen LogP contribution is 2.17. The summed E-state index contributed by atoms with van der Waals surface area (Å²) in [5.41, 5.74) is 0.680. The number of non-ortho nitro benzene ring substituents is 1. The minimum Gasteiger partial charge on any atom is -0.497 e. The van der Waals surface area contributed by atoms with Gasteiger partial charge in [-0.15, -0.1) is 0 Å². The van der Waals surface area contributed by atoms with Crippen LogP contribution in [0.1, 0.15) is 5.56 Å². The second kappa shape index (κ2) is 7.67. The SMILES string of the molecule is COc1ccc(-n2c(=O)c3ccccc3n(Cc3ccc([N+](=O)[O-])cc3)c2=O)cc1. The van der Waals surface area contributed by atoms with Crippen LogP contribution in [0.4, 0.5) is 5.69 Å². The number of benzene rings is 3. The molecule has 0 unspecified atom stereocenters. The summed E-state index contributed by atoms with van der Waals surface area (Å²) in [4.78, 5) is 36.8. The molecule has 0 N–H and O–H groups in total. The second-order valence-corrected chi connectivity index (χ2v) is 6.65. The van der Waals surface area contributed by atoms with Crippen LogP contribution in [0.15, 0.2) is 82.4 Å². The predicted molar refractivity (Wildman–Crippen MR) is 113 cm³/mol. The van der Waals surface area contributed by atoms with Gasteiger partial charge in [-0.2, -0.15) is 0 Å². The molecule has 1 aromatic heterocycles. The third kappa shape index (κ3) is 3.35. The van der Waals surface area contributed by atoms with Gasteiger partial charge in [0.15, 0.2) is 0 Å². The molecule has 4 aromatic rings. The Labute approximate surface area is 170 Å². The van der Waals surface area contributed by atoms with Crippen LogP contribution < -0.4 is 16.0 Å². The smallest absolute Gasteiger partial charge is 0.336 e. The lowest BCUT2D eigenvalue weighted by Crippen LogP contribution is -2.39. The van der Waals surface area contributed by atoms with Gasteiger partial charge in [0.2, 0.25) is 0 Å². The monoisotopic (exact) mass is 403 g/mol. The number of hydrogen-bond donors (Lipinski definition) is 0. The van der Waals surface area contributed by atoms with E-state index in [-0.39, 0.29) is 12.2 Å². The van der Waals surface area contributed by atoms with Crippen molar-refractivity contribution in [1.29, 1.82) is 0 Å². The van der Waals surface area contributed by atoms with Crippen molar-refractivity contribution in [3.8, 4) is 11.4 Å². The van der Waals surface area contributed by atoms with Crippen LogP contribution in [0.25, 0.3) is 16.6 Å². The van der Waals surface area contributed by atoms with Gasteiger partial charge in [-0.25, -0.2) is 9.36 Å². The topological polar surface area (TPSA) is 96.4 Å². The predicted octanol–water partition coefficient (Wildman–Crippen LogP) is 3.12. The maximum absolute atomic E-state index is 13.3. The first kappa shape index (κ1) is 19.1. The van der Waals surface area contributed by atoms with Gasteiger partial charge in [-0.1, -0.05) is 24.3 Å². The van der Waals surface area contributed by atoms with Crippen molar-refractivity contribution in [2.24, 2.45) is 0 Å². The fourth-order valence-corrected chi connectivity index (χ4v) is 3.34. The summed E-state index contributed by atoms with van der Waals surface area (Å²) in [7, 11) is 1.54. The molecule has 0 aliphatic carbocycles. The van der Waals surface area contributed by atoms with Crippen LogP contribution in [0, 0.1) is 10.1 Å². The molecule has 8 heteroatoms. The first-order chi connectivity index (χ1) is 14.5. The Bertz CT molecular complexity index is 1350. The van der Waals surface area contributed by atoms with Crippen molar-refractivity contribution >= 4 is 16.6 Å². The number of aromatic nitrogens is 2. The standard InChI is InChI=1S/C22H17N3O5/c1-30-18-12-10-16(11-13-18)24-21(26)19-4-2-3-5-20(19)23(22(24)27)14-15-6-8-17(9-7-15)25(28)29/h2-13H,14H2,1H3. The number of ether oxygens (including phenoxy) is 1. The Morgan fingerprint density at radius 1 is 0.933 bits per heavy atom. The number of para-hydroxylation sites is 1. The van der Waals surface area contributed by atoms with E-state index in [4.69, 9.17) is 4.74 Å². The molecular formula is C22H17N3O5. The Balaban J connectivity index is 1.91. The average molecular weight is 403 g/mol. The number of rotatable bonds is 5. The highest BCUT2D eigenvalue weighted by atomic mass is 16.6. The third-order valence-corrected chi connectivity index (χ3v) is 4.87. The number of hydrogen-bond acceptors (Lipinski definition) is 5. The highest BCUT2D eigenvalue weighted by Gasteiger charge is 2.15. The number of nitro groups is 1. The number of methoxy groups -OCH3 is 1. The zero-order valence-corrected chi connectivity index (χ0v) is 16.0. The van der Waals surface area contributed by atoms with Gasteiger partial charge >= 0.3 is 5.69 Å². The summed E-state index contributed by atoms with van der Waals surface area (Å²) in [5, 5.41) is 11.3. The van der Waals surface area contributed by atoms with Crippen molar-refractivity contribution < 1.29 is 9.66 Å². The molecule has 0 saturated heterocycles. The average Bonchev–Trinajstić information content (AvgIpc) is 2.77. The molecule has 0 atom stereocenters. The Kier molecular flexibility index (Phi) is 4.89. The van der Waals surface area contributed by atoms with Crippen LogP contribution in [-0.2, 0) is 6.54 Å². The van der Waals surface area contributed by atoms with Crippen LogP contribution in [-0.4, -0.2) is 21.2 Å². The van der Waals surface area contributed by atoms with E-state index in [2.05, 4.69) is 0 Å². The zero-order valence-electron chi connectivity index (χ0n) is 16.0. The molecule has 0 spiro atoms. The van der Waals surface area contributed by atoms with Crippen molar-refractivity contribution in [2.45, 2.75) is 6.54 Å². The second-order valence-electron chi connectivity index (χ2n) is 6.65. The summed E-state index contributed by atoms with van der Waals surface area (Å²) in [6.45, 7) is 0.160. The summed E-state index contributed by atoms with van der Waals surface area (Å²) in [6.07, 6.45) is 0. The first-order valence-corrected chi connectivity index (χ1v) is 9.12. The van der Waals surface area contributed by atoms with E-state index >= 15 is 0 Å². The van der Waals surface area contributed by atoms with Gasteiger partial charge in [0, 0.05) is 12.1 Å². The van der Waals surface area contributed by atoms with Gasteiger partial charge in [0.25, 0.3) is 11.2 Å². The summed E-state index contributed by atoms with van der Waals surface area (Å²) in [5.74, 6) is 0.610. The molecule has 3 aromatic carbocycles. The molecular weight excluding hydrogens is 386 g/mol. The van der Waals surface area contributed by atoms with E-state index in [9.17, 15) is 19.7 Å². The largest absolute Gasteiger partial charge is 0.497 e. The van der Waals surface area contributed by atoms with E-state index < -0.39 is 16.2 Å². The normalized spacial score (nSPS) is 10.8. The minimum atomic E-state index is -0.498. The molecule has 30 heavy (non-hydrogen) atoms. The lowest BCUT2D eigenvalue weighted by Gasteiger charge is -2.14. The maximum Gasteiger partial charge on any atom is 0.336 e. The van der Waals surface area contributed by atoms with Gasteiger partial charge in [0.05, 0.1) is 35.2 Å². The van der Waals surface area contributed by atoms with E-state index in [1.807, 2.05) is 0 Å². The lowest BCUT2D eigenvalue weighted by molar-refractivity contribution is -0.384. The highest BCUT2D eigenvalue weighted by molar-refractivity contribution is 5.78. The fourth-order valence-electron chi connectivity index (χ4n) is 3.34. The van der Waals surface area contributed by atoms with Crippen molar-refractivity contribution in [1.82, 2.24) is 9.13 Å². The van der Waals surface area contributed by atoms with Crippen molar-refractivity contribution in [3.05, 3.63) is 109 Å². The number of fused-ring (bicyclic) bond motifs is 1. The van der Waals surface area contributed by atoms with Crippen LogP contribution in [0.3, 0.4) is 0 Å². The summed E-state index contributed by atoms with van der Waals surface area (Å²) < 4.78 is 7.75. The van der Waals surface area contributed by atoms with Gasteiger partial charge < -0.3 is 4.74 Å². The van der Waals surface area contributed by atoms with Crippen LogP contribution in [0.2, 0.25) is 0 Å². The lowest BCUT2D eigenvalue weighted by atomic mass is 10.2. The van der Waals surface area contributed by atoms with E-state index in [0.717, 1.165) is 4.57 Å². The number of nitrogens with zero attached hydrogens (tertiary/aromatic N) is 3. The van der Waals surface area contributed by atoms with E-state index in [1.54, 1.807) is 60.7 Å². The Morgan fingerprint density at radius 3 is 2.23 bits per heavy atom. The molecule has 150 valence electrons. The van der Waals surface area contributed by atoms with Crippen LogP contribution in [0.5, 0.6) is 5.75 Å². The third-order valence-electron chi connectivity index (χ3n) is 4.87. The summed E-state index contributed by atoms with van der Waals surface area (Å²) in [6, 6.07) is 19.5. The first-order valence-electron chi connectivity index (χ1n) is 9.12. The minimum absolute atomic E-state index is 0.0286. The van der Waals surface area contributed by atoms with Crippen molar-refractivity contribution in [2.75, 3.05) is 7.11 Å². The number of nitro benzene ring substituents is 1. The zero-order chi connectivity index (χ0) is 21.3. The molecule has 0 amide bonds. The van der Waals surface area contributed by atoms with E-state index in [1.165, 1.54) is 23.8 Å². The van der Waals surface area contributed by atoms with Gasteiger partial charge in [0.1, 0.15) is 5.75 Å². The Morgan fingerprint density at radius 2 is 1.60 bits per heavy atom. The molecule has 1 heterocycles. The van der Waals surface area contributed by atoms with Gasteiger partial charge in [-0.3, -0.25) is 19.5 Å². The molecule has 0 fully saturated rings. The quantitative estimate of drug-likeness (QED) is 0.377. The molecule has 8 nitrogen and oxygen atoms in total. The summed E-state index contributed by atoms with van der Waals surface area (Å²) >= 11 is 0. The van der Waals surface area contributed by atoms with Gasteiger partial charge in [-0.05, 0) is 42.0 Å². The fraction of sp³-hybridized carbons (Fsp3) is 0.0909. The van der Waals surface area contributed by atoms with E-state index in [0.29, 0.717) is 27.9 Å². The Hall–Kier alpha value is -4.20. The maximum atomic E-state index is 13.3. The molecule has 0 bridgehead atoms. The molecule has 0 saturated carbocycles. The molecule has 0 aliphatic rings. The van der Waals surface area contributed by atoms with Crippen LogP contribution >= 0.6 is 0 Å². The van der Waals surface area contributed by atoms with Crippen molar-refractivity contribution in [3.63, 3.8) is 0 Å².